The van der Waals surface area contributed by atoms with Crippen molar-refractivity contribution in [1.82, 2.24) is 19.9 Å². The largest absolute Gasteiger partial charge is 0.497 e. The van der Waals surface area contributed by atoms with Crippen molar-refractivity contribution in [2.24, 2.45) is 0 Å². The van der Waals surface area contributed by atoms with E-state index >= 15 is 0 Å². The summed E-state index contributed by atoms with van der Waals surface area (Å²) in [4.78, 5) is 30.0. The summed E-state index contributed by atoms with van der Waals surface area (Å²) in [5, 5.41) is 3.15. The predicted molar refractivity (Wildman–Crippen MR) is 129 cm³/mol. The Morgan fingerprint density at radius 2 is 1.94 bits per heavy atom. The Kier molecular flexibility index (Phi) is 7.34. The number of nitrogens with one attached hydrogen (secondary N) is 1. The number of nitrogens with zero attached hydrogens (tertiary/aromatic N) is 5. The van der Waals surface area contributed by atoms with E-state index in [2.05, 4.69) is 25.2 Å². The molecule has 4 rings (SSSR count). The lowest BCUT2D eigenvalue weighted by Gasteiger charge is -2.33. The first-order valence-electron chi connectivity index (χ1n) is 11.3. The van der Waals surface area contributed by atoms with Crippen LogP contribution >= 0.6 is 0 Å². The number of carbonyl (C=O) groups excluding carboxylic acids is 1. The standard InChI is InChI=1S/C25H30N6O2/c1-30(21-7-9-22(33-2)10-8-21)16-12-24(32)31-15-3-5-19(18-31)23-11-6-20(17-28-23)29-25-26-13-4-14-27-25/h4,6-11,13-14,17,19H,3,5,12,15-16,18H2,1-2H3,(H,26,27,29)/t19-/m0/s1. The highest BCUT2D eigenvalue weighted by molar-refractivity contribution is 5.77. The van der Waals surface area contributed by atoms with Crippen LogP contribution in [0.25, 0.3) is 0 Å². The van der Waals surface area contributed by atoms with Gasteiger partial charge in [0.1, 0.15) is 5.75 Å². The molecule has 3 heterocycles. The van der Waals surface area contributed by atoms with Crippen LogP contribution in [0.2, 0.25) is 0 Å². The summed E-state index contributed by atoms with van der Waals surface area (Å²) in [6.45, 7) is 2.20. The van der Waals surface area contributed by atoms with E-state index in [1.807, 2.05) is 48.3 Å². The molecular formula is C25H30N6O2. The van der Waals surface area contributed by atoms with Gasteiger partial charge in [-0.3, -0.25) is 9.78 Å². The van der Waals surface area contributed by atoms with Crippen molar-refractivity contribution in [2.45, 2.75) is 25.2 Å². The number of carbonyl (C=O) groups is 1. The number of likely N-dealkylation sites (tertiary alicyclic amines) is 1. The van der Waals surface area contributed by atoms with Crippen molar-refractivity contribution in [3.05, 3.63) is 66.7 Å². The zero-order valence-corrected chi connectivity index (χ0v) is 19.1. The minimum absolute atomic E-state index is 0.194. The van der Waals surface area contributed by atoms with Crippen LogP contribution in [-0.4, -0.2) is 59.6 Å². The normalized spacial score (nSPS) is 15.7. The number of aromatic nitrogens is 3. The van der Waals surface area contributed by atoms with Crippen LogP contribution in [0.4, 0.5) is 17.3 Å². The number of anilines is 3. The Morgan fingerprint density at radius 1 is 1.15 bits per heavy atom. The molecule has 33 heavy (non-hydrogen) atoms. The number of hydrogen-bond acceptors (Lipinski definition) is 7. The van der Waals surface area contributed by atoms with E-state index in [0.717, 1.165) is 42.2 Å². The smallest absolute Gasteiger partial charge is 0.227 e. The van der Waals surface area contributed by atoms with Gasteiger partial charge in [-0.05, 0) is 55.3 Å². The molecule has 0 radical (unpaired) electrons. The van der Waals surface area contributed by atoms with Crippen molar-refractivity contribution in [3.8, 4) is 5.75 Å². The fourth-order valence-electron chi connectivity index (χ4n) is 4.05. The monoisotopic (exact) mass is 446 g/mol. The molecule has 1 saturated heterocycles. The number of hydrogen-bond donors (Lipinski definition) is 1. The van der Waals surface area contributed by atoms with Gasteiger partial charge in [0, 0.05) is 62.8 Å². The van der Waals surface area contributed by atoms with E-state index < -0.39 is 0 Å². The van der Waals surface area contributed by atoms with Gasteiger partial charge in [0.25, 0.3) is 0 Å². The Morgan fingerprint density at radius 3 is 2.64 bits per heavy atom. The average Bonchev–Trinajstić information content (AvgIpc) is 2.88. The molecule has 8 heteroatoms. The molecule has 0 unspecified atom stereocenters. The lowest BCUT2D eigenvalue weighted by Crippen LogP contribution is -2.40. The van der Waals surface area contributed by atoms with Crippen LogP contribution in [0.1, 0.15) is 30.9 Å². The number of rotatable bonds is 8. The molecule has 0 spiro atoms. The minimum Gasteiger partial charge on any atom is -0.497 e. The van der Waals surface area contributed by atoms with E-state index in [4.69, 9.17) is 4.74 Å². The second-order valence-electron chi connectivity index (χ2n) is 8.22. The number of ether oxygens (including phenoxy) is 1. The van der Waals surface area contributed by atoms with Crippen LogP contribution in [0, 0.1) is 0 Å². The zero-order valence-electron chi connectivity index (χ0n) is 19.1. The molecule has 0 bridgehead atoms. The second-order valence-corrected chi connectivity index (χ2v) is 8.22. The van der Waals surface area contributed by atoms with Crippen LogP contribution in [-0.2, 0) is 4.79 Å². The second kappa shape index (κ2) is 10.8. The molecule has 1 fully saturated rings. The molecule has 0 saturated carbocycles. The molecule has 172 valence electrons. The number of amides is 1. The van der Waals surface area contributed by atoms with Crippen molar-refractivity contribution in [1.29, 1.82) is 0 Å². The summed E-state index contributed by atoms with van der Waals surface area (Å²) in [5.74, 6) is 1.82. The van der Waals surface area contributed by atoms with Crippen molar-refractivity contribution in [2.75, 3.05) is 44.0 Å². The highest BCUT2D eigenvalue weighted by Crippen LogP contribution is 2.27. The fourth-order valence-corrected chi connectivity index (χ4v) is 4.05. The molecule has 1 aliphatic heterocycles. The van der Waals surface area contributed by atoms with Gasteiger partial charge in [0.05, 0.1) is 19.0 Å². The third-order valence-corrected chi connectivity index (χ3v) is 5.97. The number of benzene rings is 1. The Balaban J connectivity index is 1.29. The van der Waals surface area contributed by atoms with E-state index in [1.165, 1.54) is 0 Å². The Hall–Kier alpha value is -3.68. The summed E-state index contributed by atoms with van der Waals surface area (Å²) in [6.07, 6.45) is 7.71. The first-order valence-corrected chi connectivity index (χ1v) is 11.3. The van der Waals surface area contributed by atoms with Crippen LogP contribution < -0.4 is 15.0 Å². The molecule has 1 atom stereocenters. The zero-order chi connectivity index (χ0) is 23.0. The van der Waals surface area contributed by atoms with Crippen molar-refractivity contribution < 1.29 is 9.53 Å². The SMILES string of the molecule is COc1ccc(N(C)CCC(=O)N2CCC[C@H](c3ccc(Nc4ncccn4)cn3)C2)cc1. The van der Waals surface area contributed by atoms with Gasteiger partial charge in [-0.15, -0.1) is 0 Å². The topological polar surface area (TPSA) is 83.5 Å². The van der Waals surface area contributed by atoms with E-state index in [9.17, 15) is 4.79 Å². The highest BCUT2D eigenvalue weighted by Gasteiger charge is 2.25. The van der Waals surface area contributed by atoms with Crippen molar-refractivity contribution >= 4 is 23.2 Å². The summed E-state index contributed by atoms with van der Waals surface area (Å²) in [6, 6.07) is 13.7. The van der Waals surface area contributed by atoms with E-state index in [-0.39, 0.29) is 11.8 Å². The molecule has 1 aliphatic rings. The van der Waals surface area contributed by atoms with Gasteiger partial charge in [0.2, 0.25) is 11.9 Å². The summed E-state index contributed by atoms with van der Waals surface area (Å²) < 4.78 is 5.21. The molecule has 3 aromatic rings. The lowest BCUT2D eigenvalue weighted by atomic mass is 9.94. The van der Waals surface area contributed by atoms with Gasteiger partial charge in [0.15, 0.2) is 0 Å². The van der Waals surface area contributed by atoms with Gasteiger partial charge < -0.3 is 19.9 Å². The molecule has 8 nitrogen and oxygen atoms in total. The molecule has 1 amide bonds. The van der Waals surface area contributed by atoms with Crippen LogP contribution in [0.5, 0.6) is 5.75 Å². The van der Waals surface area contributed by atoms with Crippen LogP contribution in [0.15, 0.2) is 61.1 Å². The summed E-state index contributed by atoms with van der Waals surface area (Å²) in [7, 11) is 3.66. The third-order valence-electron chi connectivity index (χ3n) is 5.97. The maximum absolute atomic E-state index is 12.9. The van der Waals surface area contributed by atoms with E-state index in [1.54, 1.807) is 31.8 Å². The van der Waals surface area contributed by atoms with Gasteiger partial charge >= 0.3 is 0 Å². The molecule has 0 aliphatic carbocycles. The Bertz CT molecular complexity index is 1030. The first kappa shape index (κ1) is 22.5. The van der Waals surface area contributed by atoms with E-state index in [0.29, 0.717) is 25.5 Å². The maximum atomic E-state index is 12.9. The Labute approximate surface area is 194 Å². The molecule has 1 N–H and O–H groups in total. The number of methoxy groups -OCH3 is 1. The van der Waals surface area contributed by atoms with Gasteiger partial charge in [-0.25, -0.2) is 9.97 Å². The maximum Gasteiger partial charge on any atom is 0.227 e. The summed E-state index contributed by atoms with van der Waals surface area (Å²) in [5.41, 5.74) is 2.93. The minimum atomic E-state index is 0.194. The fraction of sp³-hybridized carbons (Fsp3) is 0.360. The third kappa shape index (κ3) is 5.97. The molecule has 2 aromatic heterocycles. The predicted octanol–water partition coefficient (Wildman–Crippen LogP) is 3.86. The average molecular weight is 447 g/mol. The number of pyridine rings is 1. The first-order chi connectivity index (χ1) is 16.1. The molecule has 1 aromatic carbocycles. The van der Waals surface area contributed by atoms with Gasteiger partial charge in [-0.1, -0.05) is 0 Å². The van der Waals surface area contributed by atoms with Crippen LogP contribution in [0.3, 0.4) is 0 Å². The lowest BCUT2D eigenvalue weighted by molar-refractivity contribution is -0.132. The van der Waals surface area contributed by atoms with Gasteiger partial charge in [-0.2, -0.15) is 0 Å². The van der Waals surface area contributed by atoms with Crippen molar-refractivity contribution in [3.63, 3.8) is 0 Å². The number of piperidine rings is 1. The molecular weight excluding hydrogens is 416 g/mol. The highest BCUT2D eigenvalue weighted by atomic mass is 16.5. The summed E-state index contributed by atoms with van der Waals surface area (Å²) >= 11 is 0. The quantitative estimate of drug-likeness (QED) is 0.563.